The first kappa shape index (κ1) is 26.0. The lowest BCUT2D eigenvalue weighted by Crippen LogP contribution is -2.46. The molecule has 1 fully saturated rings. The highest BCUT2D eigenvalue weighted by molar-refractivity contribution is 5.69. The molecule has 3 aromatic rings. The molecule has 2 unspecified atom stereocenters. The maximum Gasteiger partial charge on any atom is 0.282 e. The summed E-state index contributed by atoms with van der Waals surface area (Å²) in [5.41, 5.74) is 3.68. The van der Waals surface area contributed by atoms with Crippen LogP contribution in [0.2, 0.25) is 0 Å². The molecule has 1 saturated carbocycles. The van der Waals surface area contributed by atoms with Gasteiger partial charge in [0.2, 0.25) is 0 Å². The Morgan fingerprint density at radius 3 is 2.56 bits per heavy atom. The van der Waals surface area contributed by atoms with Crippen molar-refractivity contribution in [1.82, 2.24) is 14.9 Å². The van der Waals surface area contributed by atoms with Gasteiger partial charge in [-0.1, -0.05) is 54.5 Å². The summed E-state index contributed by atoms with van der Waals surface area (Å²) in [5.74, 6) is -0.0455. The van der Waals surface area contributed by atoms with Gasteiger partial charge in [0.15, 0.2) is 0 Å². The van der Waals surface area contributed by atoms with Gasteiger partial charge in [0.25, 0.3) is 5.92 Å². The molecule has 8 heteroatoms. The average molecular weight is 496 g/mol. The van der Waals surface area contributed by atoms with E-state index in [0.717, 1.165) is 16.7 Å². The quantitative estimate of drug-likeness (QED) is 0.320. The van der Waals surface area contributed by atoms with Crippen LogP contribution in [0.25, 0.3) is 11.1 Å². The van der Waals surface area contributed by atoms with E-state index in [1.165, 1.54) is 6.20 Å². The Kier molecular flexibility index (Phi) is 7.86. The number of aliphatic hydroxyl groups is 3. The van der Waals surface area contributed by atoms with Gasteiger partial charge < -0.3 is 25.2 Å². The Morgan fingerprint density at radius 1 is 1.19 bits per heavy atom. The first-order valence-corrected chi connectivity index (χ1v) is 12.0. The summed E-state index contributed by atoms with van der Waals surface area (Å²) in [5, 5.41) is 33.0. The smallest absolute Gasteiger partial charge is 0.282 e. The van der Waals surface area contributed by atoms with Crippen LogP contribution in [-0.2, 0) is 0 Å². The van der Waals surface area contributed by atoms with Crippen molar-refractivity contribution in [3.05, 3.63) is 77.9 Å². The first-order valence-electron chi connectivity index (χ1n) is 12.0. The Bertz CT molecular complexity index is 1200. The van der Waals surface area contributed by atoms with E-state index in [9.17, 15) is 19.0 Å². The highest BCUT2D eigenvalue weighted by Gasteiger charge is 2.36. The predicted octanol–water partition coefficient (Wildman–Crippen LogP) is 3.97. The number of nitrogens with zero attached hydrogens (tertiary/aromatic N) is 2. The zero-order valence-corrected chi connectivity index (χ0v) is 20.1. The molecule has 2 aromatic carbocycles. The van der Waals surface area contributed by atoms with Crippen molar-refractivity contribution in [1.29, 1.82) is 0 Å². The molecule has 6 nitrogen and oxygen atoms in total. The van der Waals surface area contributed by atoms with Gasteiger partial charge in [-0.2, -0.15) is 0 Å². The molecule has 1 heterocycles. The number of terminal acetylenes is 1. The van der Waals surface area contributed by atoms with E-state index in [-0.39, 0.29) is 12.0 Å². The van der Waals surface area contributed by atoms with E-state index in [0.29, 0.717) is 24.2 Å². The van der Waals surface area contributed by atoms with Gasteiger partial charge in [-0.25, -0.2) is 13.8 Å². The summed E-state index contributed by atoms with van der Waals surface area (Å²) in [6, 6.07) is 14.8. The lowest BCUT2D eigenvalue weighted by atomic mass is 9.73. The Hall–Kier alpha value is -3.09. The number of halogens is 2. The van der Waals surface area contributed by atoms with Gasteiger partial charge >= 0.3 is 0 Å². The van der Waals surface area contributed by atoms with Crippen LogP contribution in [0, 0.1) is 12.3 Å². The zero-order valence-electron chi connectivity index (χ0n) is 20.1. The predicted molar refractivity (Wildman–Crippen MR) is 133 cm³/mol. The number of aromatic nitrogens is 2. The Morgan fingerprint density at radius 2 is 1.92 bits per heavy atom. The highest BCUT2D eigenvalue weighted by Crippen LogP contribution is 2.43. The summed E-state index contributed by atoms with van der Waals surface area (Å²) in [6.45, 7) is -0.160. The van der Waals surface area contributed by atoms with Crippen molar-refractivity contribution in [3.8, 4) is 23.5 Å². The van der Waals surface area contributed by atoms with Crippen LogP contribution in [-0.4, -0.2) is 50.0 Å². The molecule has 0 bridgehead atoms. The minimum atomic E-state index is -3.15. The molecule has 4 N–H and O–H groups in total. The molecule has 0 radical (unpaired) electrons. The Labute approximate surface area is 209 Å². The lowest BCUT2D eigenvalue weighted by molar-refractivity contribution is -0.0512. The number of hydrogen-bond acceptors (Lipinski definition) is 5. The Balaban J connectivity index is 1.61. The summed E-state index contributed by atoms with van der Waals surface area (Å²) < 4.78 is 28.5. The molecule has 1 aromatic heterocycles. The second-order valence-electron chi connectivity index (χ2n) is 9.40. The van der Waals surface area contributed by atoms with Crippen molar-refractivity contribution in [3.63, 3.8) is 0 Å². The number of nitrogens with one attached hydrogen (secondary N) is 1. The van der Waals surface area contributed by atoms with E-state index in [2.05, 4.69) is 16.2 Å². The van der Waals surface area contributed by atoms with Crippen molar-refractivity contribution in [2.45, 2.75) is 55.9 Å². The molecular weight excluding hydrogens is 464 g/mol. The van der Waals surface area contributed by atoms with Gasteiger partial charge in [-0.15, -0.1) is 6.42 Å². The molecule has 0 aliphatic heterocycles. The van der Waals surface area contributed by atoms with Crippen LogP contribution in [0.4, 0.5) is 8.78 Å². The molecule has 36 heavy (non-hydrogen) atoms. The maximum absolute atomic E-state index is 13.4. The third-order valence-corrected chi connectivity index (χ3v) is 6.80. The van der Waals surface area contributed by atoms with Crippen LogP contribution in [0.1, 0.15) is 60.9 Å². The molecular formula is C28H31F2N3O3. The molecule has 1 aliphatic rings. The van der Waals surface area contributed by atoms with Crippen LogP contribution in [0.5, 0.6) is 0 Å². The van der Waals surface area contributed by atoms with E-state index in [4.69, 9.17) is 11.5 Å². The molecule has 0 spiro atoms. The van der Waals surface area contributed by atoms with Crippen LogP contribution in [0.15, 0.2) is 60.9 Å². The van der Waals surface area contributed by atoms with Crippen molar-refractivity contribution in [2.24, 2.45) is 0 Å². The highest BCUT2D eigenvalue weighted by atomic mass is 19.3. The maximum atomic E-state index is 13.4. The monoisotopic (exact) mass is 495 g/mol. The van der Waals surface area contributed by atoms with Gasteiger partial charge in [-0.05, 0) is 47.9 Å². The zero-order chi connectivity index (χ0) is 25.9. The lowest BCUT2D eigenvalue weighted by Gasteiger charge is -2.38. The van der Waals surface area contributed by atoms with Crippen molar-refractivity contribution < 1.29 is 24.1 Å². The largest absolute Gasteiger partial charge is 0.390 e. The van der Waals surface area contributed by atoms with Crippen molar-refractivity contribution in [2.75, 3.05) is 13.2 Å². The van der Waals surface area contributed by atoms with Crippen LogP contribution in [0.3, 0.4) is 0 Å². The summed E-state index contributed by atoms with van der Waals surface area (Å²) >= 11 is 0. The van der Waals surface area contributed by atoms with Crippen molar-refractivity contribution >= 4 is 0 Å². The number of benzene rings is 2. The third kappa shape index (κ3) is 5.50. The fraction of sp³-hybridized carbons (Fsp3) is 0.393. The molecule has 4 rings (SSSR count). The number of aliphatic hydroxyl groups excluding tert-OH is 3. The van der Waals surface area contributed by atoms with Gasteiger partial charge in [0, 0.05) is 18.4 Å². The summed E-state index contributed by atoms with van der Waals surface area (Å²) in [7, 11) is 0. The summed E-state index contributed by atoms with van der Waals surface area (Å²) in [4.78, 5) is 4.16. The minimum Gasteiger partial charge on any atom is -0.390 e. The number of imidazole rings is 1. The minimum absolute atomic E-state index is 0.0809. The summed E-state index contributed by atoms with van der Waals surface area (Å²) in [6.07, 6.45) is 8.39. The molecule has 0 amide bonds. The number of hydrogen-bond donors (Lipinski definition) is 4. The number of alkyl halides is 2. The van der Waals surface area contributed by atoms with E-state index >= 15 is 0 Å². The first-order chi connectivity index (χ1) is 17.2. The van der Waals surface area contributed by atoms with E-state index in [1.807, 2.05) is 48.5 Å². The van der Waals surface area contributed by atoms with Gasteiger partial charge in [0.1, 0.15) is 30.7 Å². The number of rotatable bonds is 10. The van der Waals surface area contributed by atoms with Gasteiger partial charge in [0.05, 0.1) is 6.54 Å². The average Bonchev–Trinajstić information content (AvgIpc) is 3.34. The third-order valence-electron chi connectivity index (χ3n) is 6.80. The topological polar surface area (TPSA) is 90.5 Å². The van der Waals surface area contributed by atoms with E-state index in [1.54, 1.807) is 17.7 Å². The second kappa shape index (κ2) is 10.9. The fourth-order valence-electron chi connectivity index (χ4n) is 4.76. The standard InChI is InChI=1S/C28H31F2N3O3/c1-3-25(33-12-11-31-27(33)18(2)35)26(36)20-9-10-23(19-7-5-4-6-8-19)24(15-20)21-13-22(14-21)32-16-28(29,30)17-34/h1,4-12,15,18,21-22,25-26,32,34-36H,13-14,16-17H2,2H3/t18-,21?,22?,25?,26?/m0/s1. The fourth-order valence-corrected chi connectivity index (χ4v) is 4.76. The molecule has 1 aliphatic carbocycles. The normalized spacial score (nSPS) is 20.2. The van der Waals surface area contributed by atoms with Crippen LogP contribution >= 0.6 is 0 Å². The van der Waals surface area contributed by atoms with E-state index < -0.39 is 37.3 Å². The van der Waals surface area contributed by atoms with Crippen LogP contribution < -0.4 is 5.32 Å². The SMILES string of the molecule is C#CC(C(O)c1ccc(-c2ccccc2)c(C2CC(NCC(F)(F)CO)C2)c1)n1ccnc1[C@H](C)O. The molecule has 3 atom stereocenters. The molecule has 190 valence electrons. The van der Waals surface area contributed by atoms with Gasteiger partial charge in [-0.3, -0.25) is 0 Å². The molecule has 0 saturated heterocycles. The second-order valence-corrected chi connectivity index (χ2v) is 9.40.